The first kappa shape index (κ1) is 20.1. The number of amides is 2. The van der Waals surface area contributed by atoms with Crippen LogP contribution in [0.25, 0.3) is 0 Å². The summed E-state index contributed by atoms with van der Waals surface area (Å²) in [5.74, 6) is -1.72. The molecule has 2 amide bonds. The third-order valence-electron chi connectivity index (χ3n) is 4.17. The smallest absolute Gasteiger partial charge is 0.312 e. The van der Waals surface area contributed by atoms with Crippen LogP contribution in [0.3, 0.4) is 0 Å². The van der Waals surface area contributed by atoms with Gasteiger partial charge >= 0.3 is 11.7 Å². The predicted molar refractivity (Wildman–Crippen MR) is 93.4 cm³/mol. The van der Waals surface area contributed by atoms with Gasteiger partial charge in [0.05, 0.1) is 18.0 Å². The largest absolute Gasteiger partial charge is 0.486 e. The maximum Gasteiger partial charge on any atom is 0.312 e. The van der Waals surface area contributed by atoms with Crippen molar-refractivity contribution in [1.29, 1.82) is 0 Å². The zero-order valence-electron chi connectivity index (χ0n) is 14.9. The van der Waals surface area contributed by atoms with E-state index in [2.05, 4.69) is 0 Å². The molecule has 27 heavy (non-hydrogen) atoms. The monoisotopic (exact) mass is 379 g/mol. The summed E-state index contributed by atoms with van der Waals surface area (Å²) in [6.45, 7) is 2.93. The molecule has 0 aromatic heterocycles. The zero-order chi connectivity index (χ0) is 20.0. The molecule has 0 spiro atoms. The number of aliphatic carboxylic acids is 1. The summed E-state index contributed by atoms with van der Waals surface area (Å²) >= 11 is 0. The van der Waals surface area contributed by atoms with Gasteiger partial charge < -0.3 is 19.6 Å². The van der Waals surface area contributed by atoms with Crippen LogP contribution in [0.1, 0.15) is 18.4 Å². The lowest BCUT2D eigenvalue weighted by Crippen LogP contribution is -2.51. The molecule has 1 saturated heterocycles. The van der Waals surface area contributed by atoms with Gasteiger partial charge in [-0.05, 0) is 18.6 Å². The number of carboxylic acids is 1. The Morgan fingerprint density at radius 3 is 2.30 bits per heavy atom. The molecule has 1 N–H and O–H groups in total. The number of nitro benzene ring substituents is 1. The topological polar surface area (TPSA) is 130 Å². The SMILES string of the molecule is Cc1ccc(OCCC(=O)N2CCN(C(=O)CC(=O)O)CC2)c([N+](=O)[O-])c1. The molecule has 10 heteroatoms. The second-order valence-electron chi connectivity index (χ2n) is 6.16. The fraction of sp³-hybridized carbons (Fsp3) is 0.471. The summed E-state index contributed by atoms with van der Waals surface area (Å²) in [6.07, 6.45) is -0.509. The van der Waals surface area contributed by atoms with Crippen LogP contribution in [-0.2, 0) is 14.4 Å². The molecule has 0 unspecified atom stereocenters. The van der Waals surface area contributed by atoms with Gasteiger partial charge in [0.1, 0.15) is 6.42 Å². The number of carbonyl (C=O) groups excluding carboxylic acids is 2. The third-order valence-corrected chi connectivity index (χ3v) is 4.17. The van der Waals surface area contributed by atoms with Crippen molar-refractivity contribution >= 4 is 23.5 Å². The molecule has 10 nitrogen and oxygen atoms in total. The number of aryl methyl sites for hydroxylation is 1. The number of carboxylic acid groups (broad SMARTS) is 1. The van der Waals surface area contributed by atoms with Crippen LogP contribution in [0.15, 0.2) is 18.2 Å². The van der Waals surface area contributed by atoms with Crippen LogP contribution in [0, 0.1) is 17.0 Å². The van der Waals surface area contributed by atoms with Crippen molar-refractivity contribution in [3.63, 3.8) is 0 Å². The molecule has 2 rings (SSSR count). The highest BCUT2D eigenvalue weighted by Crippen LogP contribution is 2.27. The number of carbonyl (C=O) groups is 3. The van der Waals surface area contributed by atoms with Crippen LogP contribution in [0.5, 0.6) is 5.75 Å². The van der Waals surface area contributed by atoms with Crippen molar-refractivity contribution in [2.24, 2.45) is 0 Å². The van der Waals surface area contributed by atoms with Crippen molar-refractivity contribution in [3.05, 3.63) is 33.9 Å². The van der Waals surface area contributed by atoms with E-state index in [1.807, 2.05) is 0 Å². The molecule has 1 aliphatic heterocycles. The summed E-state index contributed by atoms with van der Waals surface area (Å²) in [5.41, 5.74) is 0.591. The molecular formula is C17H21N3O7. The van der Waals surface area contributed by atoms with E-state index in [1.165, 1.54) is 17.0 Å². The zero-order valence-corrected chi connectivity index (χ0v) is 14.9. The van der Waals surface area contributed by atoms with Gasteiger partial charge in [0, 0.05) is 32.2 Å². The number of nitrogens with zero attached hydrogens (tertiary/aromatic N) is 3. The Morgan fingerprint density at radius 1 is 1.15 bits per heavy atom. The number of ether oxygens (including phenoxy) is 1. The van der Waals surface area contributed by atoms with Crippen molar-refractivity contribution in [2.45, 2.75) is 19.8 Å². The van der Waals surface area contributed by atoms with Gasteiger partial charge in [0.25, 0.3) is 0 Å². The van der Waals surface area contributed by atoms with Crippen molar-refractivity contribution in [1.82, 2.24) is 9.80 Å². The average Bonchev–Trinajstić information content (AvgIpc) is 2.62. The van der Waals surface area contributed by atoms with Crippen LogP contribution < -0.4 is 4.74 Å². The lowest BCUT2D eigenvalue weighted by Gasteiger charge is -2.34. The molecule has 0 atom stereocenters. The summed E-state index contributed by atoms with van der Waals surface area (Å²) in [6, 6.07) is 4.60. The summed E-state index contributed by atoms with van der Waals surface area (Å²) in [5, 5.41) is 19.7. The number of rotatable bonds is 7. The number of hydrogen-bond acceptors (Lipinski definition) is 6. The minimum Gasteiger partial charge on any atom is -0.486 e. The highest BCUT2D eigenvalue weighted by Gasteiger charge is 2.25. The van der Waals surface area contributed by atoms with Crippen molar-refractivity contribution in [3.8, 4) is 5.75 Å². The molecule has 0 saturated carbocycles. The number of benzene rings is 1. The number of nitro groups is 1. The first-order valence-electron chi connectivity index (χ1n) is 8.43. The Labute approximate surface area is 155 Å². The van der Waals surface area contributed by atoms with Crippen LogP contribution in [-0.4, -0.2) is 70.4 Å². The number of hydrogen-bond donors (Lipinski definition) is 1. The maximum absolute atomic E-state index is 12.2. The minimum absolute atomic E-state index is 0.000886. The Bertz CT molecular complexity index is 742. The third kappa shape index (κ3) is 5.66. The summed E-state index contributed by atoms with van der Waals surface area (Å²) < 4.78 is 5.40. The van der Waals surface area contributed by atoms with Gasteiger partial charge in [-0.3, -0.25) is 24.5 Å². The lowest BCUT2D eigenvalue weighted by atomic mass is 10.2. The molecule has 1 heterocycles. The van der Waals surface area contributed by atoms with E-state index in [-0.39, 0.29) is 43.5 Å². The van der Waals surface area contributed by atoms with E-state index >= 15 is 0 Å². The van der Waals surface area contributed by atoms with Crippen molar-refractivity contribution in [2.75, 3.05) is 32.8 Å². The molecule has 1 fully saturated rings. The molecule has 0 aliphatic carbocycles. The second-order valence-corrected chi connectivity index (χ2v) is 6.16. The first-order chi connectivity index (χ1) is 12.8. The van der Waals surface area contributed by atoms with Gasteiger partial charge in [-0.2, -0.15) is 0 Å². The Balaban J connectivity index is 1.80. The highest BCUT2D eigenvalue weighted by atomic mass is 16.6. The van der Waals surface area contributed by atoms with E-state index in [0.717, 1.165) is 5.56 Å². The van der Waals surface area contributed by atoms with E-state index in [1.54, 1.807) is 17.9 Å². The van der Waals surface area contributed by atoms with Gasteiger partial charge in [0.15, 0.2) is 5.75 Å². The summed E-state index contributed by atoms with van der Waals surface area (Å²) in [7, 11) is 0. The Morgan fingerprint density at radius 2 is 1.74 bits per heavy atom. The van der Waals surface area contributed by atoms with Crippen LogP contribution in [0.4, 0.5) is 5.69 Å². The maximum atomic E-state index is 12.2. The normalized spacial score (nSPS) is 14.0. The fourth-order valence-electron chi connectivity index (χ4n) is 2.74. The minimum atomic E-state index is -1.18. The summed E-state index contributed by atoms with van der Waals surface area (Å²) in [4.78, 5) is 48.0. The Hall–Kier alpha value is -3.17. The quantitative estimate of drug-likeness (QED) is 0.421. The molecule has 0 radical (unpaired) electrons. The van der Waals surface area contributed by atoms with E-state index in [0.29, 0.717) is 13.1 Å². The van der Waals surface area contributed by atoms with Crippen LogP contribution in [0.2, 0.25) is 0 Å². The lowest BCUT2D eigenvalue weighted by molar-refractivity contribution is -0.385. The van der Waals surface area contributed by atoms with E-state index in [4.69, 9.17) is 9.84 Å². The molecule has 1 aromatic rings. The van der Waals surface area contributed by atoms with Gasteiger partial charge in [0.2, 0.25) is 11.8 Å². The molecular weight excluding hydrogens is 358 g/mol. The van der Waals surface area contributed by atoms with Gasteiger partial charge in [-0.1, -0.05) is 6.07 Å². The molecule has 1 aromatic carbocycles. The fourth-order valence-corrected chi connectivity index (χ4v) is 2.74. The first-order valence-corrected chi connectivity index (χ1v) is 8.43. The van der Waals surface area contributed by atoms with E-state index < -0.39 is 23.2 Å². The second kappa shape index (κ2) is 8.97. The molecule has 0 bridgehead atoms. The average molecular weight is 379 g/mol. The molecule has 1 aliphatic rings. The standard InChI is InChI=1S/C17H21N3O7/c1-12-2-3-14(13(10-12)20(25)26)27-9-4-15(21)18-5-7-19(8-6-18)16(22)11-17(23)24/h2-3,10H,4-9,11H2,1H3,(H,23,24). The van der Waals surface area contributed by atoms with Crippen LogP contribution >= 0.6 is 0 Å². The highest BCUT2D eigenvalue weighted by molar-refractivity contribution is 5.93. The van der Waals surface area contributed by atoms with Gasteiger partial charge in [-0.15, -0.1) is 0 Å². The number of piperazine rings is 1. The van der Waals surface area contributed by atoms with E-state index in [9.17, 15) is 24.5 Å². The predicted octanol–water partition coefficient (Wildman–Crippen LogP) is 0.818. The van der Waals surface area contributed by atoms with Crippen molar-refractivity contribution < 1.29 is 29.2 Å². The van der Waals surface area contributed by atoms with Gasteiger partial charge in [-0.25, -0.2) is 0 Å². The molecule has 146 valence electrons. The Kier molecular flexibility index (Phi) is 6.69.